The van der Waals surface area contributed by atoms with E-state index >= 15 is 0 Å². The second-order valence-corrected chi connectivity index (χ2v) is 5.94. The second kappa shape index (κ2) is 9.38. The Bertz CT molecular complexity index is 833. The first kappa shape index (κ1) is 20.0. The number of anilines is 1. The maximum Gasteiger partial charge on any atom is 0.255 e. The van der Waals surface area contributed by atoms with E-state index in [1.165, 1.54) is 4.90 Å². The summed E-state index contributed by atoms with van der Waals surface area (Å²) in [5, 5.41) is 5.23. The van der Waals surface area contributed by atoms with Crippen molar-refractivity contribution in [3.05, 3.63) is 59.7 Å². The summed E-state index contributed by atoms with van der Waals surface area (Å²) < 4.78 is 5.42. The highest BCUT2D eigenvalue weighted by molar-refractivity contribution is 6.01. The maximum atomic E-state index is 12.3. The zero-order chi connectivity index (χ0) is 19.8. The van der Waals surface area contributed by atoms with Gasteiger partial charge in [-0.3, -0.25) is 14.4 Å². The van der Waals surface area contributed by atoms with Crippen molar-refractivity contribution in [1.82, 2.24) is 10.2 Å². The quantitative estimate of drug-likeness (QED) is 0.783. The van der Waals surface area contributed by atoms with Crippen LogP contribution in [0.15, 0.2) is 48.5 Å². The molecule has 0 aliphatic rings. The van der Waals surface area contributed by atoms with Gasteiger partial charge in [-0.25, -0.2) is 0 Å². The van der Waals surface area contributed by atoms with Gasteiger partial charge in [0, 0.05) is 25.3 Å². The average Bonchev–Trinajstić information content (AvgIpc) is 2.66. The third kappa shape index (κ3) is 5.57. The van der Waals surface area contributed by atoms with Crippen molar-refractivity contribution >= 4 is 23.4 Å². The van der Waals surface area contributed by atoms with Crippen molar-refractivity contribution in [2.45, 2.75) is 6.92 Å². The Morgan fingerprint density at radius 3 is 2.48 bits per heavy atom. The number of hydrogen-bond acceptors (Lipinski definition) is 4. The highest BCUT2D eigenvalue weighted by Crippen LogP contribution is 2.17. The molecule has 0 spiro atoms. The van der Waals surface area contributed by atoms with Crippen LogP contribution in [0.2, 0.25) is 0 Å². The van der Waals surface area contributed by atoms with Crippen LogP contribution in [0.25, 0.3) is 0 Å². The third-order valence-electron chi connectivity index (χ3n) is 3.64. The average molecular weight is 369 g/mol. The lowest BCUT2D eigenvalue weighted by atomic mass is 10.2. The number of rotatable bonds is 7. The maximum absolute atomic E-state index is 12.3. The molecule has 27 heavy (non-hydrogen) atoms. The van der Waals surface area contributed by atoms with Gasteiger partial charge in [0.2, 0.25) is 5.91 Å². The Labute approximate surface area is 158 Å². The number of hydrogen-bond donors (Lipinski definition) is 2. The van der Waals surface area contributed by atoms with Gasteiger partial charge >= 0.3 is 0 Å². The van der Waals surface area contributed by atoms with E-state index in [0.717, 1.165) is 0 Å². The van der Waals surface area contributed by atoms with Crippen LogP contribution in [-0.2, 0) is 4.79 Å². The number of nitrogens with one attached hydrogen (secondary N) is 2. The first-order chi connectivity index (χ1) is 12.9. The van der Waals surface area contributed by atoms with Crippen LogP contribution < -0.4 is 15.4 Å². The summed E-state index contributed by atoms with van der Waals surface area (Å²) in [6.45, 7) is 2.06. The molecule has 2 aromatic carbocycles. The molecular weight excluding hydrogens is 346 g/mol. The minimum Gasteiger partial charge on any atom is -0.493 e. The van der Waals surface area contributed by atoms with Crippen molar-refractivity contribution in [3.63, 3.8) is 0 Å². The van der Waals surface area contributed by atoms with Gasteiger partial charge in [0.25, 0.3) is 11.8 Å². The van der Waals surface area contributed by atoms with E-state index in [1.54, 1.807) is 62.6 Å². The molecule has 0 bridgehead atoms. The molecule has 0 saturated carbocycles. The molecular formula is C20H23N3O4. The zero-order valence-corrected chi connectivity index (χ0v) is 15.6. The first-order valence-electron chi connectivity index (χ1n) is 8.54. The lowest BCUT2D eigenvalue weighted by molar-refractivity contribution is -0.115. The fourth-order valence-electron chi connectivity index (χ4n) is 2.38. The highest BCUT2D eigenvalue weighted by atomic mass is 16.5. The van der Waals surface area contributed by atoms with Crippen LogP contribution in [-0.4, -0.2) is 49.9 Å². The molecule has 3 amide bonds. The summed E-state index contributed by atoms with van der Waals surface area (Å²) in [5.41, 5.74) is 1.31. The minimum atomic E-state index is -0.397. The predicted octanol–water partition coefficient (Wildman–Crippen LogP) is 2.16. The van der Waals surface area contributed by atoms with E-state index < -0.39 is 11.8 Å². The van der Waals surface area contributed by atoms with E-state index in [4.69, 9.17) is 4.74 Å². The molecule has 0 atom stereocenters. The Morgan fingerprint density at radius 2 is 1.78 bits per heavy atom. The molecule has 0 saturated heterocycles. The third-order valence-corrected chi connectivity index (χ3v) is 3.64. The van der Waals surface area contributed by atoms with Crippen LogP contribution in [0.3, 0.4) is 0 Å². The van der Waals surface area contributed by atoms with E-state index in [2.05, 4.69) is 10.6 Å². The van der Waals surface area contributed by atoms with E-state index in [9.17, 15) is 14.4 Å². The van der Waals surface area contributed by atoms with Crippen LogP contribution in [0.4, 0.5) is 5.69 Å². The Kier molecular flexibility index (Phi) is 6.93. The zero-order valence-electron chi connectivity index (χ0n) is 15.6. The molecule has 2 N–H and O–H groups in total. The highest BCUT2D eigenvalue weighted by Gasteiger charge is 2.14. The molecule has 7 heteroatoms. The van der Waals surface area contributed by atoms with Crippen LogP contribution in [0.5, 0.6) is 5.75 Å². The molecule has 2 rings (SSSR count). The first-order valence-corrected chi connectivity index (χ1v) is 8.54. The normalized spacial score (nSPS) is 10.0. The Morgan fingerprint density at radius 1 is 1.04 bits per heavy atom. The van der Waals surface area contributed by atoms with Crippen molar-refractivity contribution < 1.29 is 19.1 Å². The minimum absolute atomic E-state index is 0.160. The van der Waals surface area contributed by atoms with Gasteiger partial charge < -0.3 is 20.3 Å². The Balaban J connectivity index is 1.96. The molecule has 7 nitrogen and oxygen atoms in total. The van der Waals surface area contributed by atoms with E-state index in [-0.39, 0.29) is 12.5 Å². The van der Waals surface area contributed by atoms with Gasteiger partial charge in [0.05, 0.1) is 18.7 Å². The van der Waals surface area contributed by atoms with Gasteiger partial charge in [-0.2, -0.15) is 0 Å². The molecule has 0 aliphatic carbocycles. The van der Waals surface area contributed by atoms with Gasteiger partial charge in [-0.1, -0.05) is 18.2 Å². The largest absolute Gasteiger partial charge is 0.493 e. The monoisotopic (exact) mass is 369 g/mol. The van der Waals surface area contributed by atoms with E-state index in [1.807, 2.05) is 6.92 Å². The van der Waals surface area contributed by atoms with Crippen molar-refractivity contribution in [3.8, 4) is 5.75 Å². The summed E-state index contributed by atoms with van der Waals surface area (Å²) >= 11 is 0. The topological polar surface area (TPSA) is 87.7 Å². The lowest BCUT2D eigenvalue weighted by Crippen LogP contribution is -2.33. The summed E-state index contributed by atoms with van der Waals surface area (Å²) in [4.78, 5) is 37.9. The van der Waals surface area contributed by atoms with Gasteiger partial charge in [-0.05, 0) is 37.3 Å². The Hall–Kier alpha value is -3.35. The SMILES string of the molecule is CCOc1ccccc1C(=O)NCC(=O)Nc1cccc(C(=O)N(C)C)c1. The number of para-hydroxylation sites is 1. The molecule has 0 aromatic heterocycles. The number of nitrogens with zero attached hydrogens (tertiary/aromatic N) is 1. The number of ether oxygens (including phenoxy) is 1. The second-order valence-electron chi connectivity index (χ2n) is 5.94. The van der Waals surface area contributed by atoms with Crippen LogP contribution >= 0.6 is 0 Å². The van der Waals surface area contributed by atoms with Gasteiger partial charge in [0.1, 0.15) is 5.75 Å². The molecule has 2 aromatic rings. The van der Waals surface area contributed by atoms with Crippen LogP contribution in [0, 0.1) is 0 Å². The van der Waals surface area contributed by atoms with Crippen molar-refractivity contribution in [2.24, 2.45) is 0 Å². The molecule has 142 valence electrons. The predicted molar refractivity (Wildman–Crippen MR) is 103 cm³/mol. The molecule has 0 aliphatic heterocycles. The number of carbonyl (C=O) groups excluding carboxylic acids is 3. The van der Waals surface area contributed by atoms with Gasteiger partial charge in [0.15, 0.2) is 0 Å². The number of benzene rings is 2. The standard InChI is InChI=1S/C20H23N3O4/c1-4-27-17-11-6-5-10-16(17)19(25)21-13-18(24)22-15-9-7-8-14(12-15)20(26)23(2)3/h5-12H,4,13H2,1-3H3,(H,21,25)(H,22,24). The number of amides is 3. The molecule has 0 unspecified atom stereocenters. The van der Waals surface area contributed by atoms with E-state index in [0.29, 0.717) is 29.2 Å². The molecule has 0 heterocycles. The summed E-state index contributed by atoms with van der Waals surface area (Å²) in [5.74, 6) is -0.489. The molecule has 0 fully saturated rings. The fraction of sp³-hybridized carbons (Fsp3) is 0.250. The summed E-state index contributed by atoms with van der Waals surface area (Å²) in [7, 11) is 3.31. The lowest BCUT2D eigenvalue weighted by Gasteiger charge is -2.12. The van der Waals surface area contributed by atoms with Crippen molar-refractivity contribution in [1.29, 1.82) is 0 Å². The summed E-state index contributed by atoms with van der Waals surface area (Å²) in [6, 6.07) is 13.5. The number of carbonyl (C=O) groups is 3. The fourth-order valence-corrected chi connectivity index (χ4v) is 2.38. The smallest absolute Gasteiger partial charge is 0.255 e. The van der Waals surface area contributed by atoms with Crippen molar-refractivity contribution in [2.75, 3.05) is 32.6 Å². The molecule has 0 radical (unpaired) electrons. The van der Waals surface area contributed by atoms with Crippen LogP contribution in [0.1, 0.15) is 27.6 Å². The van der Waals surface area contributed by atoms with Gasteiger partial charge in [-0.15, -0.1) is 0 Å². The summed E-state index contributed by atoms with van der Waals surface area (Å²) in [6.07, 6.45) is 0.